The molecule has 2 aliphatic carbocycles. The molecule has 3 aliphatic rings. The van der Waals surface area contributed by atoms with E-state index < -0.39 is 0 Å². The Kier molecular flexibility index (Phi) is 2.54. The van der Waals surface area contributed by atoms with Gasteiger partial charge in [-0.3, -0.25) is 9.89 Å². The number of likely N-dealkylation sites (N-methyl/N-ethyl adjacent to an activating group) is 1. The van der Waals surface area contributed by atoms with E-state index in [1.54, 1.807) is 11.9 Å². The highest BCUT2D eigenvalue weighted by Gasteiger charge is 2.41. The van der Waals surface area contributed by atoms with Gasteiger partial charge in [-0.05, 0) is 30.4 Å². The monoisotopic (exact) mass is 245 g/mol. The number of allylic oxidation sites excluding steroid dienone is 2. The Balaban J connectivity index is 2.05. The van der Waals surface area contributed by atoms with E-state index >= 15 is 0 Å². The average molecular weight is 245 g/mol. The lowest BCUT2D eigenvalue weighted by Crippen LogP contribution is -2.58. The highest BCUT2D eigenvalue weighted by atomic mass is 16.2. The van der Waals surface area contributed by atoms with Crippen LogP contribution >= 0.6 is 0 Å². The van der Waals surface area contributed by atoms with E-state index in [1.165, 1.54) is 24.0 Å². The summed E-state index contributed by atoms with van der Waals surface area (Å²) in [4.78, 5) is 20.0. The third-order valence-corrected chi connectivity index (χ3v) is 4.33. The predicted octanol–water partition coefficient (Wildman–Crippen LogP) is 2.05. The van der Waals surface area contributed by atoms with Crippen LogP contribution in [-0.2, 0) is 0 Å². The fourth-order valence-corrected chi connectivity index (χ4v) is 3.36. The molecule has 0 aromatic carbocycles. The maximum Gasteiger partial charge on any atom is 0.325 e. The van der Waals surface area contributed by atoms with E-state index in [0.29, 0.717) is 0 Å². The minimum Gasteiger partial charge on any atom is -0.320 e. The minimum atomic E-state index is 0.0311. The molecule has 1 saturated carbocycles. The highest BCUT2D eigenvalue weighted by molar-refractivity contribution is 6.02. The third-order valence-electron chi connectivity index (χ3n) is 4.33. The number of amides is 2. The standard InChI is InChI=1S/C14H19N3O/c1-15-13-11-7-9-5-4-6-10(9)8-12(11)16(2)14(18)17(13)3/h7-8,11-12H,4-6H2,1-3H3/t11-,12+/m1/s1. The Bertz CT molecular complexity index is 489. The zero-order valence-corrected chi connectivity index (χ0v) is 11.2. The van der Waals surface area contributed by atoms with Crippen molar-refractivity contribution in [3.63, 3.8) is 0 Å². The molecule has 2 amide bonds. The summed E-state index contributed by atoms with van der Waals surface area (Å²) in [5.41, 5.74) is 2.91. The second-order valence-corrected chi connectivity index (χ2v) is 5.29. The van der Waals surface area contributed by atoms with E-state index in [4.69, 9.17) is 0 Å². The average Bonchev–Trinajstić information content (AvgIpc) is 2.82. The van der Waals surface area contributed by atoms with E-state index in [0.717, 1.165) is 12.3 Å². The van der Waals surface area contributed by atoms with Crippen molar-refractivity contribution >= 4 is 11.9 Å². The van der Waals surface area contributed by atoms with Crippen molar-refractivity contribution in [3.8, 4) is 0 Å². The largest absolute Gasteiger partial charge is 0.325 e. The molecule has 18 heavy (non-hydrogen) atoms. The van der Waals surface area contributed by atoms with E-state index in [-0.39, 0.29) is 18.0 Å². The van der Waals surface area contributed by atoms with Crippen LogP contribution in [0.5, 0.6) is 0 Å². The van der Waals surface area contributed by atoms with Crippen molar-refractivity contribution in [1.29, 1.82) is 0 Å². The summed E-state index contributed by atoms with van der Waals surface area (Å²) >= 11 is 0. The summed E-state index contributed by atoms with van der Waals surface area (Å²) < 4.78 is 0. The van der Waals surface area contributed by atoms with Crippen molar-refractivity contribution in [1.82, 2.24) is 9.80 Å². The smallest absolute Gasteiger partial charge is 0.320 e. The molecule has 0 radical (unpaired) electrons. The number of carbonyl (C=O) groups excluding carboxylic acids is 1. The second-order valence-electron chi connectivity index (χ2n) is 5.29. The third kappa shape index (κ3) is 1.44. The number of hydrogen-bond donors (Lipinski definition) is 0. The van der Waals surface area contributed by atoms with Gasteiger partial charge >= 0.3 is 6.03 Å². The molecule has 0 spiro atoms. The van der Waals surface area contributed by atoms with E-state index in [9.17, 15) is 4.79 Å². The van der Waals surface area contributed by atoms with Gasteiger partial charge in [-0.25, -0.2) is 4.79 Å². The van der Waals surface area contributed by atoms with Gasteiger partial charge in [0.15, 0.2) is 0 Å². The lowest BCUT2D eigenvalue weighted by atomic mass is 9.84. The topological polar surface area (TPSA) is 35.9 Å². The highest BCUT2D eigenvalue weighted by Crippen LogP contribution is 2.39. The first-order chi connectivity index (χ1) is 8.63. The number of hydrogen-bond acceptors (Lipinski definition) is 2. The number of amidine groups is 1. The van der Waals surface area contributed by atoms with Crippen LogP contribution in [0.25, 0.3) is 0 Å². The molecule has 0 bridgehead atoms. The van der Waals surface area contributed by atoms with Gasteiger partial charge < -0.3 is 4.90 Å². The quantitative estimate of drug-likeness (QED) is 0.643. The second kappa shape index (κ2) is 3.97. The van der Waals surface area contributed by atoms with Crippen LogP contribution in [0.4, 0.5) is 4.79 Å². The molecule has 4 nitrogen and oxygen atoms in total. The van der Waals surface area contributed by atoms with Gasteiger partial charge in [-0.2, -0.15) is 0 Å². The van der Waals surface area contributed by atoms with Gasteiger partial charge in [0.2, 0.25) is 0 Å². The number of carbonyl (C=O) groups is 1. The van der Waals surface area contributed by atoms with Crippen molar-refractivity contribution in [2.45, 2.75) is 25.3 Å². The van der Waals surface area contributed by atoms with Crippen molar-refractivity contribution in [3.05, 3.63) is 23.3 Å². The molecule has 0 unspecified atom stereocenters. The normalized spacial score (nSPS) is 33.3. The minimum absolute atomic E-state index is 0.0311. The van der Waals surface area contributed by atoms with Crippen LogP contribution in [0.2, 0.25) is 0 Å². The van der Waals surface area contributed by atoms with Crippen molar-refractivity contribution < 1.29 is 4.79 Å². The number of rotatable bonds is 0. The fraction of sp³-hybridized carbons (Fsp3) is 0.571. The number of urea groups is 1. The summed E-state index contributed by atoms with van der Waals surface area (Å²) in [6.45, 7) is 0. The summed E-state index contributed by atoms with van der Waals surface area (Å²) in [5.74, 6) is 1.11. The number of aliphatic imine (C=N–C) groups is 1. The molecule has 96 valence electrons. The first-order valence-corrected chi connectivity index (χ1v) is 6.52. The van der Waals surface area contributed by atoms with Gasteiger partial charge in [0.25, 0.3) is 0 Å². The molecule has 1 saturated heterocycles. The van der Waals surface area contributed by atoms with Crippen molar-refractivity contribution in [2.75, 3.05) is 21.1 Å². The summed E-state index contributed by atoms with van der Waals surface area (Å²) in [6.07, 6.45) is 8.18. The van der Waals surface area contributed by atoms with Crippen LogP contribution in [0.1, 0.15) is 19.3 Å². The summed E-state index contributed by atoms with van der Waals surface area (Å²) in [5, 5.41) is 0. The number of fused-ring (bicyclic) bond motifs is 2. The molecule has 2 atom stereocenters. The molecule has 2 fully saturated rings. The van der Waals surface area contributed by atoms with Crippen molar-refractivity contribution in [2.24, 2.45) is 10.9 Å². The Morgan fingerprint density at radius 3 is 2.56 bits per heavy atom. The van der Waals surface area contributed by atoms with Crippen LogP contribution in [0.15, 0.2) is 28.3 Å². The lowest BCUT2D eigenvalue weighted by molar-refractivity contribution is 0.163. The van der Waals surface area contributed by atoms with Gasteiger partial charge in [0.1, 0.15) is 5.84 Å². The molecule has 4 heteroatoms. The zero-order valence-electron chi connectivity index (χ0n) is 11.2. The van der Waals surface area contributed by atoms with Gasteiger partial charge in [-0.15, -0.1) is 0 Å². The maximum absolute atomic E-state index is 12.2. The number of nitrogens with zero attached hydrogens (tertiary/aromatic N) is 3. The maximum atomic E-state index is 12.2. The summed E-state index contributed by atoms with van der Waals surface area (Å²) in [6, 6.07) is 0.174. The van der Waals surface area contributed by atoms with E-state index in [2.05, 4.69) is 17.1 Å². The SMILES string of the molecule is CN=C1[C@@H]2C=C3CCCC3=C[C@@H]2N(C)C(=O)N1C. The van der Waals surface area contributed by atoms with Crippen LogP contribution in [-0.4, -0.2) is 48.9 Å². The van der Waals surface area contributed by atoms with Crippen LogP contribution < -0.4 is 0 Å². The molecule has 0 aromatic rings. The fourth-order valence-electron chi connectivity index (χ4n) is 3.36. The predicted molar refractivity (Wildman–Crippen MR) is 71.6 cm³/mol. The molecular weight excluding hydrogens is 226 g/mol. The van der Waals surface area contributed by atoms with Gasteiger partial charge in [0.05, 0.1) is 12.0 Å². The lowest BCUT2D eigenvalue weighted by Gasteiger charge is -2.43. The first-order valence-electron chi connectivity index (χ1n) is 6.52. The molecule has 1 heterocycles. The van der Waals surface area contributed by atoms with Crippen LogP contribution in [0.3, 0.4) is 0 Å². The molecule has 1 aliphatic heterocycles. The molecule has 0 N–H and O–H groups in total. The zero-order chi connectivity index (χ0) is 12.9. The molecule has 3 rings (SSSR count). The van der Waals surface area contributed by atoms with Crippen LogP contribution in [0, 0.1) is 5.92 Å². The molecular formula is C14H19N3O. The Morgan fingerprint density at radius 2 is 1.89 bits per heavy atom. The van der Waals surface area contributed by atoms with E-state index in [1.807, 2.05) is 19.0 Å². The van der Waals surface area contributed by atoms with Gasteiger partial charge in [-0.1, -0.05) is 12.2 Å². The Morgan fingerprint density at radius 1 is 1.22 bits per heavy atom. The Hall–Kier alpha value is -1.58. The van der Waals surface area contributed by atoms with Gasteiger partial charge in [0, 0.05) is 21.1 Å². The molecule has 0 aromatic heterocycles. The Labute approximate surface area is 108 Å². The first kappa shape index (κ1) is 11.5. The summed E-state index contributed by atoms with van der Waals surface area (Å²) in [7, 11) is 5.46.